The molecular formula is C18H21NO3. The van der Waals surface area contributed by atoms with E-state index in [1.807, 2.05) is 42.5 Å². The first kappa shape index (κ1) is 14.9. The monoisotopic (exact) mass is 299 g/mol. The van der Waals surface area contributed by atoms with Crippen LogP contribution in [0, 0.1) is 0 Å². The molecule has 4 heteroatoms. The zero-order valence-electron chi connectivity index (χ0n) is 12.5. The van der Waals surface area contributed by atoms with Gasteiger partial charge in [0, 0.05) is 0 Å². The van der Waals surface area contributed by atoms with Gasteiger partial charge in [-0.05, 0) is 30.5 Å². The minimum absolute atomic E-state index is 0.144. The van der Waals surface area contributed by atoms with Crippen LogP contribution in [0.15, 0.2) is 53.1 Å². The smallest absolute Gasteiger partial charge is 0.223 e. The fraction of sp³-hybridized carbons (Fsp3) is 0.389. The van der Waals surface area contributed by atoms with Gasteiger partial charge < -0.3 is 14.8 Å². The Labute approximate surface area is 130 Å². The standard InChI is InChI=1S/C18H21NO3/c20-16(13-18(21)10-4-5-11-18)19-17(15-9-6-12-22-15)14-7-2-1-3-8-14/h1-3,6-9,12,17,21H,4-5,10-11,13H2,(H,19,20). The average molecular weight is 299 g/mol. The molecule has 3 rings (SSSR count). The summed E-state index contributed by atoms with van der Waals surface area (Å²) in [6.45, 7) is 0. The molecule has 1 aliphatic rings. The van der Waals surface area contributed by atoms with Crippen LogP contribution >= 0.6 is 0 Å². The Morgan fingerprint density at radius 2 is 1.91 bits per heavy atom. The molecule has 0 radical (unpaired) electrons. The molecule has 4 nitrogen and oxygen atoms in total. The summed E-state index contributed by atoms with van der Waals surface area (Å²) in [7, 11) is 0. The number of hydrogen-bond donors (Lipinski definition) is 2. The molecule has 116 valence electrons. The van der Waals surface area contributed by atoms with Gasteiger partial charge >= 0.3 is 0 Å². The quantitative estimate of drug-likeness (QED) is 0.891. The van der Waals surface area contributed by atoms with Crippen molar-refractivity contribution in [2.24, 2.45) is 0 Å². The normalized spacial score (nSPS) is 18.0. The van der Waals surface area contributed by atoms with Crippen LogP contribution in [0.4, 0.5) is 0 Å². The van der Waals surface area contributed by atoms with E-state index in [2.05, 4.69) is 5.32 Å². The number of rotatable bonds is 5. The highest BCUT2D eigenvalue weighted by Gasteiger charge is 2.34. The summed E-state index contributed by atoms with van der Waals surface area (Å²) in [6.07, 6.45) is 5.14. The zero-order valence-corrected chi connectivity index (χ0v) is 12.5. The lowest BCUT2D eigenvalue weighted by atomic mass is 9.96. The minimum Gasteiger partial charge on any atom is -0.467 e. The van der Waals surface area contributed by atoms with Gasteiger partial charge in [0.1, 0.15) is 11.8 Å². The second-order valence-corrected chi connectivity index (χ2v) is 6.03. The number of furan rings is 1. The molecule has 2 aromatic rings. The van der Waals surface area contributed by atoms with Crippen LogP contribution in [0.1, 0.15) is 49.5 Å². The fourth-order valence-electron chi connectivity index (χ4n) is 3.14. The third-order valence-electron chi connectivity index (χ3n) is 4.29. The van der Waals surface area contributed by atoms with Gasteiger partial charge in [-0.3, -0.25) is 4.79 Å². The average Bonchev–Trinajstić information content (AvgIpc) is 3.17. The van der Waals surface area contributed by atoms with Crippen LogP contribution < -0.4 is 5.32 Å². The maximum atomic E-state index is 12.4. The second-order valence-electron chi connectivity index (χ2n) is 6.03. The van der Waals surface area contributed by atoms with Crippen LogP contribution in [-0.2, 0) is 4.79 Å². The Kier molecular flexibility index (Phi) is 4.29. The van der Waals surface area contributed by atoms with Gasteiger partial charge in [0.05, 0.1) is 18.3 Å². The van der Waals surface area contributed by atoms with Crippen LogP contribution in [0.5, 0.6) is 0 Å². The van der Waals surface area contributed by atoms with Gasteiger partial charge in [0.2, 0.25) is 5.91 Å². The van der Waals surface area contributed by atoms with E-state index >= 15 is 0 Å². The first-order chi connectivity index (χ1) is 10.7. The van der Waals surface area contributed by atoms with Crippen molar-refractivity contribution in [2.75, 3.05) is 0 Å². The third-order valence-corrected chi connectivity index (χ3v) is 4.29. The van der Waals surface area contributed by atoms with Crippen molar-refractivity contribution in [1.82, 2.24) is 5.32 Å². The molecule has 1 heterocycles. The molecule has 22 heavy (non-hydrogen) atoms. The fourth-order valence-corrected chi connectivity index (χ4v) is 3.14. The van der Waals surface area contributed by atoms with Crippen LogP contribution in [0.25, 0.3) is 0 Å². The van der Waals surface area contributed by atoms with Gasteiger partial charge in [-0.25, -0.2) is 0 Å². The number of amides is 1. The van der Waals surface area contributed by atoms with E-state index in [9.17, 15) is 9.90 Å². The third kappa shape index (κ3) is 3.39. The van der Waals surface area contributed by atoms with Crippen molar-refractivity contribution in [2.45, 2.75) is 43.7 Å². The van der Waals surface area contributed by atoms with Gasteiger partial charge in [0.15, 0.2) is 0 Å². The molecule has 1 aromatic carbocycles. The highest BCUT2D eigenvalue weighted by Crippen LogP contribution is 2.32. The summed E-state index contributed by atoms with van der Waals surface area (Å²) in [5, 5.41) is 13.4. The second kappa shape index (κ2) is 6.36. The van der Waals surface area contributed by atoms with Crippen molar-refractivity contribution in [1.29, 1.82) is 0 Å². The van der Waals surface area contributed by atoms with Crippen molar-refractivity contribution in [3.05, 3.63) is 60.1 Å². The van der Waals surface area contributed by atoms with E-state index in [-0.39, 0.29) is 18.4 Å². The predicted octanol–water partition coefficient (Wildman–Crippen LogP) is 3.18. The molecule has 0 aliphatic heterocycles. The summed E-state index contributed by atoms with van der Waals surface area (Å²) in [6, 6.07) is 13.0. The first-order valence-corrected chi connectivity index (χ1v) is 7.76. The lowest BCUT2D eigenvalue weighted by Gasteiger charge is -2.23. The van der Waals surface area contributed by atoms with E-state index in [1.165, 1.54) is 0 Å². The van der Waals surface area contributed by atoms with Crippen LogP contribution in [0.2, 0.25) is 0 Å². The number of aliphatic hydroxyl groups is 1. The summed E-state index contributed by atoms with van der Waals surface area (Å²) in [5.41, 5.74) is 0.123. The van der Waals surface area contributed by atoms with Crippen molar-refractivity contribution < 1.29 is 14.3 Å². The maximum Gasteiger partial charge on any atom is 0.223 e. The van der Waals surface area contributed by atoms with Gasteiger partial charge in [-0.15, -0.1) is 0 Å². The van der Waals surface area contributed by atoms with Gasteiger partial charge in [-0.2, -0.15) is 0 Å². The molecule has 0 bridgehead atoms. The van der Waals surface area contributed by atoms with Gasteiger partial charge in [-0.1, -0.05) is 43.2 Å². The molecule has 0 saturated heterocycles. The topological polar surface area (TPSA) is 62.5 Å². The predicted molar refractivity (Wildman–Crippen MR) is 83.2 cm³/mol. The number of nitrogens with one attached hydrogen (secondary N) is 1. The lowest BCUT2D eigenvalue weighted by molar-refractivity contribution is -0.126. The Balaban J connectivity index is 1.74. The van der Waals surface area contributed by atoms with Crippen LogP contribution in [0.3, 0.4) is 0 Å². The molecular weight excluding hydrogens is 278 g/mol. The molecule has 1 unspecified atom stereocenters. The van der Waals surface area contributed by atoms with Crippen molar-refractivity contribution in [3.63, 3.8) is 0 Å². The van der Waals surface area contributed by atoms with Crippen molar-refractivity contribution >= 4 is 5.91 Å². The summed E-state index contributed by atoms with van der Waals surface area (Å²) >= 11 is 0. The summed E-state index contributed by atoms with van der Waals surface area (Å²) in [4.78, 5) is 12.4. The van der Waals surface area contributed by atoms with Crippen LogP contribution in [-0.4, -0.2) is 16.6 Å². The van der Waals surface area contributed by atoms with Crippen molar-refractivity contribution in [3.8, 4) is 0 Å². The number of hydrogen-bond acceptors (Lipinski definition) is 3. The lowest BCUT2D eigenvalue weighted by Crippen LogP contribution is -2.36. The Morgan fingerprint density at radius 1 is 1.18 bits per heavy atom. The van der Waals surface area contributed by atoms with Gasteiger partial charge in [0.25, 0.3) is 0 Å². The highest BCUT2D eigenvalue weighted by atomic mass is 16.3. The minimum atomic E-state index is -0.839. The SMILES string of the molecule is O=C(CC1(O)CCCC1)NC(c1ccccc1)c1ccco1. The summed E-state index contributed by atoms with van der Waals surface area (Å²) < 4.78 is 5.47. The zero-order chi connectivity index (χ0) is 15.4. The molecule has 1 amide bonds. The molecule has 0 spiro atoms. The first-order valence-electron chi connectivity index (χ1n) is 7.76. The molecule has 1 saturated carbocycles. The highest BCUT2D eigenvalue weighted by molar-refractivity contribution is 5.78. The van der Waals surface area contributed by atoms with E-state index in [0.717, 1.165) is 18.4 Å². The number of carbonyl (C=O) groups excluding carboxylic acids is 1. The molecule has 2 N–H and O–H groups in total. The Bertz CT molecular complexity index is 601. The Hall–Kier alpha value is -2.07. The number of carbonyl (C=O) groups is 1. The molecule has 1 atom stereocenters. The van der Waals surface area contributed by atoms with E-state index in [0.29, 0.717) is 18.6 Å². The van der Waals surface area contributed by atoms with E-state index < -0.39 is 5.60 Å². The van der Waals surface area contributed by atoms with E-state index in [4.69, 9.17) is 4.42 Å². The summed E-state index contributed by atoms with van der Waals surface area (Å²) in [5.74, 6) is 0.549. The molecule has 1 fully saturated rings. The Morgan fingerprint density at radius 3 is 2.55 bits per heavy atom. The largest absolute Gasteiger partial charge is 0.467 e. The molecule has 1 aromatic heterocycles. The number of benzene rings is 1. The maximum absolute atomic E-state index is 12.4. The van der Waals surface area contributed by atoms with E-state index in [1.54, 1.807) is 6.26 Å². The molecule has 1 aliphatic carbocycles.